The standard InChI is InChI=1S/C17H23N5O3S/c1-3-6-20-8-9-21(14-11-26(24,25)10-13(14)20)16(23)15-12(2)19-17-18-5-4-7-22(15)17/h4-5,7,13-14H,3,6,8-11H2,1-2H3/t13-,14+/m1/s1. The topological polar surface area (TPSA) is 87.9 Å². The summed E-state index contributed by atoms with van der Waals surface area (Å²) in [4.78, 5) is 25.9. The second-order valence-corrected chi connectivity index (χ2v) is 9.24. The zero-order valence-corrected chi connectivity index (χ0v) is 15.8. The number of hydrogen-bond acceptors (Lipinski definition) is 6. The maximum atomic E-state index is 13.3. The summed E-state index contributed by atoms with van der Waals surface area (Å²) in [5, 5.41) is 0. The molecule has 1 amide bonds. The molecule has 0 bridgehead atoms. The van der Waals surface area contributed by atoms with Gasteiger partial charge in [-0.2, -0.15) is 0 Å². The Morgan fingerprint density at radius 1 is 1.27 bits per heavy atom. The van der Waals surface area contributed by atoms with Crippen LogP contribution in [0.5, 0.6) is 0 Å². The lowest BCUT2D eigenvalue weighted by molar-refractivity contribution is 0.0327. The van der Waals surface area contributed by atoms with E-state index in [0.29, 0.717) is 30.3 Å². The molecule has 0 unspecified atom stereocenters. The maximum Gasteiger partial charge on any atom is 0.273 e. The van der Waals surface area contributed by atoms with Crippen molar-refractivity contribution in [3.63, 3.8) is 0 Å². The summed E-state index contributed by atoms with van der Waals surface area (Å²) in [7, 11) is -3.14. The van der Waals surface area contributed by atoms with Crippen LogP contribution in [0, 0.1) is 6.92 Å². The SMILES string of the molecule is CCCN1CCN(C(=O)c2c(C)nc3ncccn23)[C@H]2CS(=O)(=O)C[C@H]21. The summed E-state index contributed by atoms with van der Waals surface area (Å²) in [6.45, 7) is 5.97. The molecule has 2 aliphatic rings. The highest BCUT2D eigenvalue weighted by atomic mass is 32.2. The molecule has 8 nitrogen and oxygen atoms in total. The molecule has 0 N–H and O–H groups in total. The van der Waals surface area contributed by atoms with Gasteiger partial charge in [-0.1, -0.05) is 6.92 Å². The van der Waals surface area contributed by atoms with Crippen molar-refractivity contribution < 1.29 is 13.2 Å². The van der Waals surface area contributed by atoms with Gasteiger partial charge in [-0.15, -0.1) is 0 Å². The Hall–Kier alpha value is -2.00. The second kappa shape index (κ2) is 6.31. The lowest BCUT2D eigenvalue weighted by Gasteiger charge is -2.43. The molecule has 140 valence electrons. The maximum absolute atomic E-state index is 13.3. The van der Waals surface area contributed by atoms with E-state index in [2.05, 4.69) is 21.8 Å². The van der Waals surface area contributed by atoms with Crippen molar-refractivity contribution in [3.05, 3.63) is 29.8 Å². The van der Waals surface area contributed by atoms with E-state index >= 15 is 0 Å². The van der Waals surface area contributed by atoms with E-state index in [-0.39, 0.29) is 29.5 Å². The molecule has 2 atom stereocenters. The third-order valence-corrected chi connectivity index (χ3v) is 7.04. The van der Waals surface area contributed by atoms with E-state index in [4.69, 9.17) is 0 Å². The number of fused-ring (bicyclic) bond motifs is 2. The van der Waals surface area contributed by atoms with Gasteiger partial charge in [-0.25, -0.2) is 18.4 Å². The quantitative estimate of drug-likeness (QED) is 0.768. The summed E-state index contributed by atoms with van der Waals surface area (Å²) >= 11 is 0. The van der Waals surface area contributed by atoms with Gasteiger partial charge < -0.3 is 4.90 Å². The Bertz CT molecular complexity index is 954. The van der Waals surface area contributed by atoms with Crippen molar-refractivity contribution in [2.75, 3.05) is 31.1 Å². The van der Waals surface area contributed by atoms with Crippen LogP contribution in [-0.2, 0) is 9.84 Å². The minimum atomic E-state index is -3.14. The number of aromatic nitrogens is 3. The molecule has 0 radical (unpaired) electrons. The first kappa shape index (κ1) is 17.4. The van der Waals surface area contributed by atoms with Gasteiger partial charge in [0.25, 0.3) is 5.91 Å². The van der Waals surface area contributed by atoms with Gasteiger partial charge in [0.15, 0.2) is 9.84 Å². The lowest BCUT2D eigenvalue weighted by Crippen LogP contribution is -2.60. The first-order valence-corrected chi connectivity index (χ1v) is 10.8. The number of carbonyl (C=O) groups excluding carboxylic acids is 1. The first-order chi connectivity index (χ1) is 12.4. The van der Waals surface area contributed by atoms with Crippen LogP contribution >= 0.6 is 0 Å². The molecule has 0 aliphatic carbocycles. The van der Waals surface area contributed by atoms with Crippen LogP contribution in [-0.4, -0.2) is 81.7 Å². The summed E-state index contributed by atoms with van der Waals surface area (Å²) in [5.74, 6) is 0.493. The third-order valence-electron chi connectivity index (χ3n) is 5.34. The van der Waals surface area contributed by atoms with Crippen LogP contribution < -0.4 is 0 Å². The molecular weight excluding hydrogens is 354 g/mol. The van der Waals surface area contributed by atoms with Crippen LogP contribution in [0.2, 0.25) is 0 Å². The van der Waals surface area contributed by atoms with Crippen LogP contribution in [0.4, 0.5) is 0 Å². The largest absolute Gasteiger partial charge is 0.330 e. The zero-order chi connectivity index (χ0) is 18.5. The highest BCUT2D eigenvalue weighted by molar-refractivity contribution is 7.91. The highest BCUT2D eigenvalue weighted by Gasteiger charge is 2.48. The first-order valence-electron chi connectivity index (χ1n) is 8.96. The van der Waals surface area contributed by atoms with Gasteiger partial charge in [0.1, 0.15) is 5.69 Å². The van der Waals surface area contributed by atoms with Crippen molar-refractivity contribution in [1.82, 2.24) is 24.2 Å². The normalized spacial score (nSPS) is 25.5. The predicted molar refractivity (Wildman–Crippen MR) is 96.9 cm³/mol. The molecule has 0 saturated carbocycles. The van der Waals surface area contributed by atoms with Gasteiger partial charge in [0.05, 0.1) is 23.2 Å². The highest BCUT2D eigenvalue weighted by Crippen LogP contribution is 2.29. The minimum absolute atomic E-state index is 0.0393. The third kappa shape index (κ3) is 2.79. The Morgan fingerprint density at radius 3 is 2.81 bits per heavy atom. The number of amides is 1. The zero-order valence-electron chi connectivity index (χ0n) is 15.0. The monoisotopic (exact) mass is 377 g/mol. The van der Waals surface area contributed by atoms with Crippen molar-refractivity contribution >= 4 is 21.5 Å². The van der Waals surface area contributed by atoms with Crippen molar-refractivity contribution in [2.45, 2.75) is 32.4 Å². The van der Waals surface area contributed by atoms with Crippen molar-refractivity contribution in [3.8, 4) is 0 Å². The smallest absolute Gasteiger partial charge is 0.273 e. The number of nitrogens with zero attached hydrogens (tertiary/aromatic N) is 5. The van der Waals surface area contributed by atoms with Gasteiger partial charge in [-0.05, 0) is 26.0 Å². The fraction of sp³-hybridized carbons (Fsp3) is 0.588. The van der Waals surface area contributed by atoms with E-state index in [1.807, 2.05) is 0 Å². The molecule has 2 saturated heterocycles. The molecular formula is C17H23N5O3S. The average Bonchev–Trinajstić information content (AvgIpc) is 3.09. The van der Waals surface area contributed by atoms with Gasteiger partial charge >= 0.3 is 0 Å². The summed E-state index contributed by atoms with van der Waals surface area (Å²) in [6, 6.07) is 1.34. The van der Waals surface area contributed by atoms with E-state index in [1.165, 1.54) is 0 Å². The van der Waals surface area contributed by atoms with Gasteiger partial charge in [0, 0.05) is 31.5 Å². The van der Waals surface area contributed by atoms with Crippen LogP contribution in [0.15, 0.2) is 18.5 Å². The van der Waals surface area contributed by atoms with E-state index < -0.39 is 9.84 Å². The number of aryl methyl sites for hydroxylation is 1. The van der Waals surface area contributed by atoms with Crippen LogP contribution in [0.25, 0.3) is 5.78 Å². The Kier molecular flexibility index (Phi) is 4.23. The number of rotatable bonds is 3. The van der Waals surface area contributed by atoms with Gasteiger partial charge in [0.2, 0.25) is 5.78 Å². The molecule has 4 rings (SSSR count). The molecule has 9 heteroatoms. The molecule has 2 aromatic heterocycles. The number of piperazine rings is 1. The fourth-order valence-electron chi connectivity index (χ4n) is 4.23. The summed E-state index contributed by atoms with van der Waals surface area (Å²) in [6.07, 6.45) is 4.38. The molecule has 2 aliphatic heterocycles. The van der Waals surface area contributed by atoms with Crippen LogP contribution in [0.3, 0.4) is 0 Å². The molecule has 26 heavy (non-hydrogen) atoms. The summed E-state index contributed by atoms with van der Waals surface area (Å²) in [5.41, 5.74) is 1.09. The molecule has 2 aromatic rings. The van der Waals surface area contributed by atoms with E-state index in [9.17, 15) is 13.2 Å². The molecule has 0 aromatic carbocycles. The molecule has 0 spiro atoms. The number of hydrogen-bond donors (Lipinski definition) is 0. The molecule has 2 fully saturated rings. The Balaban J connectivity index is 1.71. The van der Waals surface area contributed by atoms with E-state index in [0.717, 1.165) is 13.0 Å². The number of sulfone groups is 1. The lowest BCUT2D eigenvalue weighted by atomic mass is 10.0. The Labute approximate surface area is 152 Å². The van der Waals surface area contributed by atoms with Crippen LogP contribution in [0.1, 0.15) is 29.5 Å². The van der Waals surface area contributed by atoms with Gasteiger partial charge in [-0.3, -0.25) is 14.1 Å². The predicted octanol–water partition coefficient (Wildman–Crippen LogP) is 0.371. The van der Waals surface area contributed by atoms with Crippen molar-refractivity contribution in [2.24, 2.45) is 0 Å². The van der Waals surface area contributed by atoms with E-state index in [1.54, 1.807) is 34.7 Å². The fourth-order valence-corrected chi connectivity index (χ4v) is 6.25. The average molecular weight is 377 g/mol. The Morgan fingerprint density at radius 2 is 2.04 bits per heavy atom. The summed E-state index contributed by atoms with van der Waals surface area (Å²) < 4.78 is 26.3. The second-order valence-electron chi connectivity index (χ2n) is 7.08. The number of carbonyl (C=O) groups is 1. The molecule has 4 heterocycles. The van der Waals surface area contributed by atoms with Crippen molar-refractivity contribution in [1.29, 1.82) is 0 Å². The minimum Gasteiger partial charge on any atom is -0.330 e. The number of imidazole rings is 1.